The minimum atomic E-state index is -0.560. The van der Waals surface area contributed by atoms with Gasteiger partial charge in [-0.1, -0.05) is 30.3 Å². The summed E-state index contributed by atoms with van der Waals surface area (Å²) in [5.74, 6) is 0.188. The number of hydrogen-bond donors (Lipinski definition) is 0. The Hall–Kier alpha value is -1.14. The van der Waals surface area contributed by atoms with Crippen molar-refractivity contribution < 1.29 is 9.53 Å². The summed E-state index contributed by atoms with van der Waals surface area (Å²) in [6, 6.07) is 10.1. The number of hydrogen-bond acceptors (Lipinski definition) is 2. The van der Waals surface area contributed by atoms with Gasteiger partial charge in [-0.15, -0.1) is 0 Å². The summed E-state index contributed by atoms with van der Waals surface area (Å²) in [6.45, 7) is 2.58. The normalized spacial score (nSPS) is 20.2. The van der Waals surface area contributed by atoms with Gasteiger partial charge in [-0.2, -0.15) is 0 Å². The van der Waals surface area contributed by atoms with E-state index in [1.54, 1.807) is 6.08 Å². The second kappa shape index (κ2) is 4.59. The first-order valence-electron chi connectivity index (χ1n) is 5.01. The van der Waals surface area contributed by atoms with Crippen molar-refractivity contribution in [1.82, 2.24) is 0 Å². The number of rotatable bonds is 3. The predicted molar refractivity (Wildman–Crippen MR) is 62.6 cm³/mol. The molecular formula is C12H13O2P. The van der Waals surface area contributed by atoms with Crippen LogP contribution in [0.15, 0.2) is 41.9 Å². The molecule has 78 valence electrons. The monoisotopic (exact) mass is 220 g/mol. The standard InChI is InChI=1S/C12H13O2P/c1-2-14-12-8-10(13)9-15(12)11-6-4-3-5-7-11/h3-8H,2,9H2,1H3. The minimum absolute atomic E-state index is 0.188. The molecule has 0 aromatic heterocycles. The molecule has 15 heavy (non-hydrogen) atoms. The highest BCUT2D eigenvalue weighted by Crippen LogP contribution is 2.48. The molecule has 1 aromatic carbocycles. The molecule has 0 amide bonds. The van der Waals surface area contributed by atoms with Gasteiger partial charge < -0.3 is 4.74 Å². The summed E-state index contributed by atoms with van der Waals surface area (Å²) in [5, 5.41) is 1.22. The smallest absolute Gasteiger partial charge is 0.164 e. The fraction of sp³-hybridized carbons (Fsp3) is 0.250. The lowest BCUT2D eigenvalue weighted by atomic mass is 10.4. The molecule has 1 aliphatic heterocycles. The third-order valence-electron chi connectivity index (χ3n) is 2.22. The Morgan fingerprint density at radius 3 is 2.73 bits per heavy atom. The lowest BCUT2D eigenvalue weighted by Crippen LogP contribution is -2.04. The van der Waals surface area contributed by atoms with Crippen molar-refractivity contribution >= 4 is 19.0 Å². The molecule has 2 rings (SSSR count). The van der Waals surface area contributed by atoms with Crippen molar-refractivity contribution in [3.63, 3.8) is 0 Å². The Kier molecular flexibility index (Phi) is 3.17. The van der Waals surface area contributed by atoms with Gasteiger partial charge >= 0.3 is 0 Å². The largest absolute Gasteiger partial charge is 0.493 e. The van der Waals surface area contributed by atoms with Gasteiger partial charge in [0.15, 0.2) is 5.78 Å². The lowest BCUT2D eigenvalue weighted by molar-refractivity contribution is -0.112. The van der Waals surface area contributed by atoms with Crippen molar-refractivity contribution in [1.29, 1.82) is 0 Å². The van der Waals surface area contributed by atoms with E-state index in [2.05, 4.69) is 12.1 Å². The van der Waals surface area contributed by atoms with E-state index in [0.29, 0.717) is 12.8 Å². The first-order valence-corrected chi connectivity index (χ1v) is 6.54. The molecule has 0 saturated carbocycles. The van der Waals surface area contributed by atoms with E-state index < -0.39 is 7.92 Å². The highest BCUT2D eigenvalue weighted by atomic mass is 31.1. The first kappa shape index (κ1) is 10.4. The molecule has 0 aliphatic carbocycles. The van der Waals surface area contributed by atoms with Crippen LogP contribution in [0, 0.1) is 0 Å². The number of carbonyl (C=O) groups is 1. The zero-order chi connectivity index (χ0) is 10.7. The predicted octanol–water partition coefficient (Wildman–Crippen LogP) is 2.25. The number of benzene rings is 1. The maximum absolute atomic E-state index is 11.4. The quantitative estimate of drug-likeness (QED) is 0.730. The Labute approximate surface area is 90.7 Å². The molecule has 0 spiro atoms. The van der Waals surface area contributed by atoms with E-state index in [9.17, 15) is 4.79 Å². The lowest BCUT2D eigenvalue weighted by Gasteiger charge is -2.14. The number of ether oxygens (including phenoxy) is 1. The Morgan fingerprint density at radius 1 is 1.33 bits per heavy atom. The highest BCUT2D eigenvalue weighted by Gasteiger charge is 2.26. The van der Waals surface area contributed by atoms with Gasteiger partial charge in [-0.25, -0.2) is 0 Å². The van der Waals surface area contributed by atoms with Crippen LogP contribution in [0.5, 0.6) is 0 Å². The summed E-state index contributed by atoms with van der Waals surface area (Å²) in [4.78, 5) is 11.4. The second-order valence-electron chi connectivity index (χ2n) is 3.30. The van der Waals surface area contributed by atoms with Gasteiger partial charge in [-0.05, 0) is 12.2 Å². The van der Waals surface area contributed by atoms with E-state index in [0.717, 1.165) is 5.50 Å². The first-order chi connectivity index (χ1) is 7.31. The van der Waals surface area contributed by atoms with Crippen molar-refractivity contribution in [2.75, 3.05) is 12.8 Å². The zero-order valence-corrected chi connectivity index (χ0v) is 9.54. The fourth-order valence-corrected chi connectivity index (χ4v) is 3.70. The molecule has 1 unspecified atom stereocenters. The van der Waals surface area contributed by atoms with Crippen LogP contribution >= 0.6 is 7.92 Å². The minimum Gasteiger partial charge on any atom is -0.493 e. The Bertz CT molecular complexity index is 384. The van der Waals surface area contributed by atoms with Crippen LogP contribution in [0.3, 0.4) is 0 Å². The van der Waals surface area contributed by atoms with Crippen LogP contribution in [0.2, 0.25) is 0 Å². The molecule has 3 heteroatoms. The molecule has 0 fully saturated rings. The summed E-state index contributed by atoms with van der Waals surface area (Å²) in [6.07, 6.45) is 2.26. The molecule has 0 radical (unpaired) electrons. The van der Waals surface area contributed by atoms with Crippen LogP contribution < -0.4 is 5.30 Å². The molecule has 0 N–H and O–H groups in total. The van der Waals surface area contributed by atoms with Gasteiger partial charge in [0.1, 0.15) is 5.50 Å². The van der Waals surface area contributed by atoms with E-state index in [1.807, 2.05) is 25.1 Å². The van der Waals surface area contributed by atoms with Gasteiger partial charge in [0.25, 0.3) is 0 Å². The molecule has 1 aromatic rings. The highest BCUT2D eigenvalue weighted by molar-refractivity contribution is 7.71. The Balaban J connectivity index is 2.23. The molecular weight excluding hydrogens is 207 g/mol. The Morgan fingerprint density at radius 2 is 2.07 bits per heavy atom. The van der Waals surface area contributed by atoms with Crippen LogP contribution in [-0.2, 0) is 9.53 Å². The molecule has 2 nitrogen and oxygen atoms in total. The maximum Gasteiger partial charge on any atom is 0.164 e. The van der Waals surface area contributed by atoms with E-state index in [4.69, 9.17) is 4.74 Å². The molecule has 0 bridgehead atoms. The third-order valence-corrected chi connectivity index (χ3v) is 4.56. The number of ketones is 1. The average Bonchev–Trinajstić information content (AvgIpc) is 2.62. The van der Waals surface area contributed by atoms with Crippen molar-refractivity contribution in [3.05, 3.63) is 41.9 Å². The number of allylic oxidation sites excluding steroid dienone is 1. The van der Waals surface area contributed by atoms with Crippen LogP contribution in [-0.4, -0.2) is 18.6 Å². The molecule has 1 atom stereocenters. The topological polar surface area (TPSA) is 26.3 Å². The summed E-state index contributed by atoms with van der Waals surface area (Å²) in [7, 11) is -0.560. The van der Waals surface area contributed by atoms with E-state index in [-0.39, 0.29) is 5.78 Å². The summed E-state index contributed by atoms with van der Waals surface area (Å²) >= 11 is 0. The molecule has 1 heterocycles. The van der Waals surface area contributed by atoms with Crippen LogP contribution in [0.1, 0.15) is 6.92 Å². The maximum atomic E-state index is 11.4. The SMILES string of the molecule is CCOC1=CC(=O)CP1c1ccccc1. The van der Waals surface area contributed by atoms with E-state index in [1.165, 1.54) is 5.30 Å². The summed E-state index contributed by atoms with van der Waals surface area (Å²) in [5.41, 5.74) is 0.878. The number of carbonyl (C=O) groups excluding carboxylic acids is 1. The van der Waals surface area contributed by atoms with Crippen LogP contribution in [0.4, 0.5) is 0 Å². The summed E-state index contributed by atoms with van der Waals surface area (Å²) < 4.78 is 5.51. The van der Waals surface area contributed by atoms with Crippen molar-refractivity contribution in [2.45, 2.75) is 6.92 Å². The third kappa shape index (κ3) is 2.27. The van der Waals surface area contributed by atoms with Gasteiger partial charge in [-0.3, -0.25) is 4.79 Å². The fourth-order valence-electron chi connectivity index (χ4n) is 1.59. The van der Waals surface area contributed by atoms with Gasteiger partial charge in [0.05, 0.1) is 6.61 Å². The molecule has 1 aliphatic rings. The second-order valence-corrected chi connectivity index (χ2v) is 5.43. The van der Waals surface area contributed by atoms with E-state index >= 15 is 0 Å². The zero-order valence-electron chi connectivity index (χ0n) is 8.64. The van der Waals surface area contributed by atoms with Crippen LogP contribution in [0.25, 0.3) is 0 Å². The van der Waals surface area contributed by atoms with Gasteiger partial charge in [0.2, 0.25) is 0 Å². The van der Waals surface area contributed by atoms with Crippen molar-refractivity contribution in [3.8, 4) is 0 Å². The van der Waals surface area contributed by atoms with Gasteiger partial charge in [0, 0.05) is 20.2 Å². The average molecular weight is 220 g/mol. The molecule has 0 saturated heterocycles. The van der Waals surface area contributed by atoms with Crippen molar-refractivity contribution in [2.24, 2.45) is 0 Å².